The standard InChI is InChI=1S/C13H17N/c1-13(2,14-3)11-7-10-12-8-5-4-6-9-12/h4-6,8-9H,7,10-11H2,1-2H3. The molecule has 0 N–H and O–H groups in total. The minimum atomic E-state index is -0.186. The Kier molecular flexibility index (Phi) is 3.71. The lowest BCUT2D eigenvalue weighted by molar-refractivity contribution is 0.531. The first-order valence-electron chi connectivity index (χ1n) is 5.07. The molecule has 0 saturated carbocycles. The third-order valence-corrected chi connectivity index (χ3v) is 2.40. The summed E-state index contributed by atoms with van der Waals surface area (Å²) < 4.78 is 0. The zero-order valence-corrected chi connectivity index (χ0v) is 8.96. The molecule has 0 radical (unpaired) electrons. The Balaban J connectivity index is 2.34. The van der Waals surface area contributed by atoms with Gasteiger partial charge >= 0.3 is 0 Å². The predicted molar refractivity (Wildman–Crippen MR) is 60.1 cm³/mol. The fourth-order valence-corrected chi connectivity index (χ4v) is 1.43. The maximum Gasteiger partial charge on any atom is 0.227 e. The summed E-state index contributed by atoms with van der Waals surface area (Å²) in [5.41, 5.74) is 1.18. The van der Waals surface area contributed by atoms with E-state index in [1.807, 2.05) is 19.9 Å². The van der Waals surface area contributed by atoms with E-state index in [0.717, 1.165) is 19.3 Å². The van der Waals surface area contributed by atoms with Crippen molar-refractivity contribution in [2.24, 2.45) is 0 Å². The normalized spacial score (nSPS) is 10.9. The Labute approximate surface area is 86.6 Å². The van der Waals surface area contributed by atoms with Gasteiger partial charge in [0.1, 0.15) is 0 Å². The Morgan fingerprint density at radius 2 is 1.86 bits per heavy atom. The SMILES string of the molecule is [C-]#[N+]C(C)(C)CCCc1ccccc1. The lowest BCUT2D eigenvalue weighted by atomic mass is 9.96. The second-order valence-electron chi connectivity index (χ2n) is 4.26. The summed E-state index contributed by atoms with van der Waals surface area (Å²) in [5, 5.41) is 0. The van der Waals surface area contributed by atoms with Crippen molar-refractivity contribution in [3.05, 3.63) is 47.3 Å². The van der Waals surface area contributed by atoms with Gasteiger partial charge in [-0.25, -0.2) is 6.57 Å². The van der Waals surface area contributed by atoms with Crippen LogP contribution >= 0.6 is 0 Å². The Hall–Kier alpha value is -1.29. The zero-order chi connectivity index (χ0) is 10.4. The molecule has 0 bridgehead atoms. The number of aryl methyl sites for hydroxylation is 1. The van der Waals surface area contributed by atoms with Crippen molar-refractivity contribution in [3.8, 4) is 0 Å². The van der Waals surface area contributed by atoms with E-state index < -0.39 is 0 Å². The average Bonchev–Trinajstić information content (AvgIpc) is 2.19. The zero-order valence-electron chi connectivity index (χ0n) is 8.96. The van der Waals surface area contributed by atoms with E-state index in [0.29, 0.717) is 0 Å². The Bertz CT molecular complexity index is 306. The molecule has 0 spiro atoms. The highest BCUT2D eigenvalue weighted by Gasteiger charge is 2.21. The first kappa shape index (κ1) is 10.8. The molecule has 1 nitrogen and oxygen atoms in total. The van der Waals surface area contributed by atoms with Gasteiger partial charge in [0.2, 0.25) is 5.54 Å². The van der Waals surface area contributed by atoms with Crippen LogP contribution < -0.4 is 0 Å². The Morgan fingerprint density at radius 3 is 2.43 bits per heavy atom. The van der Waals surface area contributed by atoms with Crippen molar-refractivity contribution in [1.82, 2.24) is 0 Å². The minimum absolute atomic E-state index is 0.186. The van der Waals surface area contributed by atoms with Crippen LogP contribution in [0.15, 0.2) is 30.3 Å². The number of nitrogens with zero attached hydrogens (tertiary/aromatic N) is 1. The molecule has 0 saturated heterocycles. The van der Waals surface area contributed by atoms with Crippen molar-refractivity contribution >= 4 is 0 Å². The molecule has 1 aromatic rings. The van der Waals surface area contributed by atoms with Gasteiger partial charge in [0.25, 0.3) is 0 Å². The number of rotatable bonds is 4. The van der Waals surface area contributed by atoms with E-state index in [9.17, 15) is 0 Å². The summed E-state index contributed by atoms with van der Waals surface area (Å²) in [5.74, 6) is 0. The summed E-state index contributed by atoms with van der Waals surface area (Å²) in [6.07, 6.45) is 3.16. The molecule has 14 heavy (non-hydrogen) atoms. The monoisotopic (exact) mass is 187 g/mol. The van der Waals surface area contributed by atoms with Crippen LogP contribution in [0.1, 0.15) is 32.3 Å². The van der Waals surface area contributed by atoms with Crippen molar-refractivity contribution in [2.45, 2.75) is 38.6 Å². The van der Waals surface area contributed by atoms with E-state index in [2.05, 4.69) is 29.1 Å². The van der Waals surface area contributed by atoms with Crippen LogP contribution in [0.2, 0.25) is 0 Å². The molecule has 0 aliphatic rings. The fourth-order valence-electron chi connectivity index (χ4n) is 1.43. The highest BCUT2D eigenvalue weighted by Crippen LogP contribution is 2.17. The van der Waals surface area contributed by atoms with Crippen LogP contribution in [-0.4, -0.2) is 5.54 Å². The summed E-state index contributed by atoms with van der Waals surface area (Å²) in [4.78, 5) is 3.60. The smallest absolute Gasteiger partial charge is 0.227 e. The van der Waals surface area contributed by atoms with Crippen molar-refractivity contribution in [3.63, 3.8) is 0 Å². The molecule has 0 atom stereocenters. The maximum absolute atomic E-state index is 7.01. The molecule has 0 unspecified atom stereocenters. The van der Waals surface area contributed by atoms with Gasteiger partial charge in [0.15, 0.2) is 0 Å². The van der Waals surface area contributed by atoms with E-state index in [-0.39, 0.29) is 5.54 Å². The first-order chi connectivity index (χ1) is 6.64. The number of hydrogen-bond acceptors (Lipinski definition) is 0. The molecule has 74 valence electrons. The lowest BCUT2D eigenvalue weighted by Gasteiger charge is -2.10. The molecule has 0 aromatic heterocycles. The summed E-state index contributed by atoms with van der Waals surface area (Å²) in [7, 11) is 0. The minimum Gasteiger partial charge on any atom is -0.311 e. The largest absolute Gasteiger partial charge is 0.311 e. The fraction of sp³-hybridized carbons (Fsp3) is 0.462. The second-order valence-corrected chi connectivity index (χ2v) is 4.26. The third-order valence-electron chi connectivity index (χ3n) is 2.40. The summed E-state index contributed by atoms with van der Waals surface area (Å²) >= 11 is 0. The maximum atomic E-state index is 7.01. The van der Waals surface area contributed by atoms with Crippen molar-refractivity contribution < 1.29 is 0 Å². The summed E-state index contributed by atoms with van der Waals surface area (Å²) in [6.45, 7) is 11.0. The van der Waals surface area contributed by atoms with Crippen LogP contribution in [0.3, 0.4) is 0 Å². The molecular formula is C13H17N. The quantitative estimate of drug-likeness (QED) is 0.633. The second kappa shape index (κ2) is 4.81. The molecule has 0 amide bonds. The van der Waals surface area contributed by atoms with Gasteiger partial charge in [-0.15, -0.1) is 0 Å². The highest BCUT2D eigenvalue weighted by molar-refractivity contribution is 5.14. The molecule has 0 heterocycles. The molecule has 1 aromatic carbocycles. The van der Waals surface area contributed by atoms with E-state index >= 15 is 0 Å². The number of hydrogen-bond donors (Lipinski definition) is 0. The van der Waals surface area contributed by atoms with Gasteiger partial charge in [-0.3, -0.25) is 0 Å². The molecule has 0 aliphatic heterocycles. The van der Waals surface area contributed by atoms with Gasteiger partial charge in [-0.1, -0.05) is 30.3 Å². The van der Waals surface area contributed by atoms with Crippen LogP contribution in [0, 0.1) is 6.57 Å². The molecule has 0 fully saturated rings. The van der Waals surface area contributed by atoms with Crippen LogP contribution in [-0.2, 0) is 6.42 Å². The van der Waals surface area contributed by atoms with Crippen molar-refractivity contribution in [1.29, 1.82) is 0 Å². The molecule has 1 rings (SSSR count). The van der Waals surface area contributed by atoms with Gasteiger partial charge in [0, 0.05) is 20.3 Å². The van der Waals surface area contributed by atoms with Crippen LogP contribution in [0.4, 0.5) is 0 Å². The number of benzene rings is 1. The topological polar surface area (TPSA) is 4.36 Å². The Morgan fingerprint density at radius 1 is 1.21 bits per heavy atom. The predicted octanol–water partition coefficient (Wildman–Crippen LogP) is 3.71. The van der Waals surface area contributed by atoms with Gasteiger partial charge < -0.3 is 4.85 Å². The van der Waals surface area contributed by atoms with Gasteiger partial charge in [-0.05, 0) is 18.4 Å². The van der Waals surface area contributed by atoms with Crippen LogP contribution in [0.25, 0.3) is 4.85 Å². The van der Waals surface area contributed by atoms with Gasteiger partial charge in [-0.2, -0.15) is 0 Å². The molecule has 1 heteroatoms. The van der Waals surface area contributed by atoms with Crippen molar-refractivity contribution in [2.75, 3.05) is 0 Å². The summed E-state index contributed by atoms with van der Waals surface area (Å²) in [6, 6.07) is 10.5. The van der Waals surface area contributed by atoms with Gasteiger partial charge in [0.05, 0.1) is 0 Å². The third kappa shape index (κ3) is 3.62. The van der Waals surface area contributed by atoms with Crippen LogP contribution in [0.5, 0.6) is 0 Å². The molecular weight excluding hydrogens is 170 g/mol. The van der Waals surface area contributed by atoms with E-state index in [4.69, 9.17) is 6.57 Å². The van der Waals surface area contributed by atoms with E-state index in [1.165, 1.54) is 5.56 Å². The average molecular weight is 187 g/mol. The van der Waals surface area contributed by atoms with E-state index in [1.54, 1.807) is 0 Å². The highest BCUT2D eigenvalue weighted by atomic mass is 14.8. The lowest BCUT2D eigenvalue weighted by Crippen LogP contribution is -2.13. The molecule has 0 aliphatic carbocycles. The first-order valence-corrected chi connectivity index (χ1v) is 5.07.